The Balaban J connectivity index is 2.29. The smallest absolute Gasteiger partial charge is 0.261 e. The van der Waals surface area contributed by atoms with Gasteiger partial charge in [-0.25, -0.2) is 0 Å². The van der Waals surface area contributed by atoms with Crippen LogP contribution in [0.2, 0.25) is 0 Å². The molecule has 0 fully saturated rings. The number of carbonyl (C=O) groups excluding carboxylic acids is 1. The van der Waals surface area contributed by atoms with Gasteiger partial charge in [-0.15, -0.1) is 11.3 Å². The van der Waals surface area contributed by atoms with Crippen molar-refractivity contribution in [2.75, 3.05) is 20.3 Å². The van der Waals surface area contributed by atoms with Crippen LogP contribution in [-0.4, -0.2) is 37.4 Å². The van der Waals surface area contributed by atoms with E-state index in [4.69, 9.17) is 4.74 Å². The second kappa shape index (κ2) is 7.42. The Bertz CT molecular complexity index is 351. The summed E-state index contributed by atoms with van der Waals surface area (Å²) in [4.78, 5) is 13.6. The van der Waals surface area contributed by atoms with Gasteiger partial charge in [-0.05, 0) is 25.0 Å². The number of rotatable bonds is 7. The molecule has 0 saturated carbocycles. The van der Waals surface area contributed by atoms with Crippen LogP contribution in [0, 0.1) is 0 Å². The summed E-state index contributed by atoms with van der Waals surface area (Å²) in [6.45, 7) is 2.83. The Morgan fingerprint density at radius 1 is 1.59 bits per heavy atom. The molecule has 1 unspecified atom stereocenters. The number of aliphatic hydroxyl groups excluding tert-OH is 1. The van der Waals surface area contributed by atoms with Crippen LogP contribution in [0.15, 0.2) is 12.1 Å². The van der Waals surface area contributed by atoms with Crippen molar-refractivity contribution in [3.63, 3.8) is 0 Å². The normalized spacial score (nSPS) is 12.4. The molecule has 1 amide bonds. The first kappa shape index (κ1) is 14.2. The van der Waals surface area contributed by atoms with Crippen LogP contribution >= 0.6 is 11.3 Å². The molecule has 1 heterocycles. The van der Waals surface area contributed by atoms with Gasteiger partial charge >= 0.3 is 0 Å². The summed E-state index contributed by atoms with van der Waals surface area (Å²) < 4.78 is 4.80. The number of carbonyl (C=O) groups is 1. The van der Waals surface area contributed by atoms with Gasteiger partial charge in [-0.3, -0.25) is 4.79 Å². The number of aliphatic hydroxyl groups is 1. The first-order valence-electron chi connectivity index (χ1n) is 5.71. The summed E-state index contributed by atoms with van der Waals surface area (Å²) in [5, 5.41) is 12.2. The van der Waals surface area contributed by atoms with E-state index in [2.05, 4.69) is 12.2 Å². The molecule has 1 aromatic heterocycles. The maximum atomic E-state index is 11.7. The molecule has 0 bridgehead atoms. The van der Waals surface area contributed by atoms with E-state index in [-0.39, 0.29) is 5.91 Å². The molecular formula is C12H19NO3S. The van der Waals surface area contributed by atoms with Crippen molar-refractivity contribution in [3.8, 4) is 0 Å². The lowest BCUT2D eigenvalue weighted by molar-refractivity contribution is 0.0588. The number of ether oxygens (including phenoxy) is 1. The Hall–Kier alpha value is -0.910. The van der Waals surface area contributed by atoms with Crippen molar-refractivity contribution in [2.45, 2.75) is 25.9 Å². The summed E-state index contributed by atoms with van der Waals surface area (Å²) in [5.74, 6) is -0.0701. The lowest BCUT2D eigenvalue weighted by Gasteiger charge is -2.09. The fourth-order valence-corrected chi connectivity index (χ4v) is 2.27. The lowest BCUT2D eigenvalue weighted by atomic mass is 10.2. The van der Waals surface area contributed by atoms with Crippen molar-refractivity contribution in [2.24, 2.45) is 0 Å². The van der Waals surface area contributed by atoms with Crippen LogP contribution in [0.1, 0.15) is 27.9 Å². The zero-order valence-electron chi connectivity index (χ0n) is 10.2. The van der Waals surface area contributed by atoms with Gasteiger partial charge in [-0.1, -0.05) is 6.92 Å². The topological polar surface area (TPSA) is 58.6 Å². The fourth-order valence-electron chi connectivity index (χ4n) is 1.41. The third-order valence-electron chi connectivity index (χ3n) is 2.36. The van der Waals surface area contributed by atoms with E-state index < -0.39 is 6.10 Å². The molecular weight excluding hydrogens is 238 g/mol. The van der Waals surface area contributed by atoms with Crippen molar-refractivity contribution < 1.29 is 14.6 Å². The first-order chi connectivity index (χ1) is 8.17. The van der Waals surface area contributed by atoms with Gasteiger partial charge in [-0.2, -0.15) is 0 Å². The predicted molar refractivity (Wildman–Crippen MR) is 68.5 cm³/mol. The first-order valence-corrected chi connectivity index (χ1v) is 6.53. The maximum Gasteiger partial charge on any atom is 0.261 e. The highest BCUT2D eigenvalue weighted by molar-refractivity contribution is 7.14. The van der Waals surface area contributed by atoms with E-state index in [9.17, 15) is 9.90 Å². The molecule has 0 radical (unpaired) electrons. The molecule has 1 aromatic rings. The molecule has 0 aliphatic heterocycles. The number of hydrogen-bond acceptors (Lipinski definition) is 4. The Labute approximate surface area is 106 Å². The van der Waals surface area contributed by atoms with Crippen molar-refractivity contribution >= 4 is 17.2 Å². The Morgan fingerprint density at radius 2 is 2.35 bits per heavy atom. The average Bonchev–Trinajstić information content (AvgIpc) is 2.77. The monoisotopic (exact) mass is 257 g/mol. The van der Waals surface area contributed by atoms with E-state index in [1.54, 1.807) is 7.11 Å². The molecule has 0 aliphatic carbocycles. The van der Waals surface area contributed by atoms with Crippen LogP contribution < -0.4 is 5.32 Å². The molecule has 2 N–H and O–H groups in total. The summed E-state index contributed by atoms with van der Waals surface area (Å²) in [5.41, 5.74) is 0. The molecule has 0 saturated heterocycles. The minimum atomic E-state index is -0.519. The molecule has 5 heteroatoms. The van der Waals surface area contributed by atoms with E-state index in [1.165, 1.54) is 16.2 Å². The highest BCUT2D eigenvalue weighted by atomic mass is 32.1. The summed E-state index contributed by atoms with van der Waals surface area (Å²) in [6, 6.07) is 3.81. The molecule has 1 atom stereocenters. The van der Waals surface area contributed by atoms with Crippen LogP contribution in [0.4, 0.5) is 0 Å². The zero-order chi connectivity index (χ0) is 12.7. The third kappa shape index (κ3) is 4.85. The molecule has 4 nitrogen and oxygen atoms in total. The lowest BCUT2D eigenvalue weighted by Crippen LogP contribution is -2.27. The highest BCUT2D eigenvalue weighted by Gasteiger charge is 2.09. The molecule has 0 spiro atoms. The van der Waals surface area contributed by atoms with Gasteiger partial charge in [0.15, 0.2) is 0 Å². The van der Waals surface area contributed by atoms with E-state index in [0.29, 0.717) is 19.6 Å². The minimum Gasteiger partial charge on any atom is -0.391 e. The third-order valence-corrected chi connectivity index (χ3v) is 3.58. The fraction of sp³-hybridized carbons (Fsp3) is 0.583. The Kier molecular flexibility index (Phi) is 6.18. The van der Waals surface area contributed by atoms with Crippen molar-refractivity contribution in [1.82, 2.24) is 5.32 Å². The van der Waals surface area contributed by atoms with E-state index in [1.807, 2.05) is 12.1 Å². The van der Waals surface area contributed by atoms with Crippen LogP contribution in [0.25, 0.3) is 0 Å². The molecule has 0 aliphatic rings. The van der Waals surface area contributed by atoms with Crippen LogP contribution in [-0.2, 0) is 11.2 Å². The predicted octanol–water partition coefficient (Wildman–Crippen LogP) is 1.44. The van der Waals surface area contributed by atoms with Gasteiger partial charge in [0, 0.05) is 18.5 Å². The van der Waals surface area contributed by atoms with Crippen molar-refractivity contribution in [3.05, 3.63) is 21.9 Å². The molecule has 1 rings (SSSR count). The van der Waals surface area contributed by atoms with Crippen molar-refractivity contribution in [1.29, 1.82) is 0 Å². The van der Waals surface area contributed by atoms with Gasteiger partial charge in [0.2, 0.25) is 0 Å². The summed E-state index contributed by atoms with van der Waals surface area (Å²) in [7, 11) is 1.54. The highest BCUT2D eigenvalue weighted by Crippen LogP contribution is 2.16. The second-order valence-electron chi connectivity index (χ2n) is 3.77. The minimum absolute atomic E-state index is 0.0701. The van der Waals surface area contributed by atoms with Gasteiger partial charge in [0.1, 0.15) is 0 Å². The van der Waals surface area contributed by atoms with Gasteiger partial charge in [0.25, 0.3) is 5.91 Å². The Morgan fingerprint density at radius 3 is 2.94 bits per heavy atom. The summed E-state index contributed by atoms with van der Waals surface area (Å²) >= 11 is 1.51. The molecule has 17 heavy (non-hydrogen) atoms. The summed E-state index contributed by atoms with van der Waals surface area (Å²) in [6.07, 6.45) is 0.936. The largest absolute Gasteiger partial charge is 0.391 e. The SMILES string of the molecule is CCc1ccc(C(=O)NCCC(O)COC)s1. The van der Waals surface area contributed by atoms with E-state index >= 15 is 0 Å². The van der Waals surface area contributed by atoms with Gasteiger partial charge < -0.3 is 15.2 Å². The number of amides is 1. The quantitative estimate of drug-likeness (QED) is 0.777. The van der Waals surface area contributed by atoms with Crippen LogP contribution in [0.5, 0.6) is 0 Å². The van der Waals surface area contributed by atoms with Crippen LogP contribution in [0.3, 0.4) is 0 Å². The molecule has 96 valence electrons. The molecule has 0 aromatic carbocycles. The standard InChI is InChI=1S/C12H19NO3S/c1-3-10-4-5-11(17-10)12(15)13-7-6-9(14)8-16-2/h4-5,9,14H,3,6-8H2,1-2H3,(H,13,15). The number of aryl methyl sites for hydroxylation is 1. The van der Waals surface area contributed by atoms with Gasteiger partial charge in [0.05, 0.1) is 17.6 Å². The number of thiophene rings is 1. The number of methoxy groups -OCH3 is 1. The maximum absolute atomic E-state index is 11.7. The van der Waals surface area contributed by atoms with E-state index in [0.717, 1.165) is 11.3 Å². The average molecular weight is 257 g/mol. The second-order valence-corrected chi connectivity index (χ2v) is 4.94. The zero-order valence-corrected chi connectivity index (χ0v) is 11.0. The number of nitrogens with one attached hydrogen (secondary N) is 1. The number of hydrogen-bond donors (Lipinski definition) is 2.